The van der Waals surface area contributed by atoms with Gasteiger partial charge in [0.05, 0.1) is 23.0 Å². The topological polar surface area (TPSA) is 74.1 Å². The average molecular weight is 500 g/mol. The van der Waals surface area contributed by atoms with E-state index in [0.717, 1.165) is 42.7 Å². The number of carbonyl (C=O) groups is 2. The molecule has 10 rings (SSSR count). The number of ether oxygens (including phenoxy) is 1. The zero-order valence-corrected chi connectivity index (χ0v) is 21.6. The van der Waals surface area contributed by atoms with Crippen LogP contribution in [0.2, 0.25) is 0 Å². The molecule has 1 heterocycles. The minimum absolute atomic E-state index is 0.126. The van der Waals surface area contributed by atoms with Gasteiger partial charge in [-0.15, -0.1) is 5.10 Å². The normalized spacial score (nSPS) is 40.8. The summed E-state index contributed by atoms with van der Waals surface area (Å²) in [6.45, 7) is -0.165. The van der Waals surface area contributed by atoms with E-state index in [1.807, 2.05) is 35.1 Å². The Hall–Kier alpha value is -2.50. The fourth-order valence-electron chi connectivity index (χ4n) is 10.7. The molecule has 6 nitrogen and oxygen atoms in total. The Morgan fingerprint density at radius 2 is 1.30 bits per heavy atom. The van der Waals surface area contributed by atoms with Crippen LogP contribution < -0.4 is 0 Å². The predicted molar refractivity (Wildman–Crippen MR) is 137 cm³/mol. The zero-order chi connectivity index (χ0) is 24.8. The molecule has 0 saturated heterocycles. The molecule has 8 saturated carbocycles. The molecule has 1 aromatic carbocycles. The highest BCUT2D eigenvalue weighted by Crippen LogP contribution is 2.61. The van der Waals surface area contributed by atoms with E-state index in [1.165, 1.54) is 63.5 Å². The highest BCUT2D eigenvalue weighted by Gasteiger charge is 2.56. The van der Waals surface area contributed by atoms with Gasteiger partial charge in [-0.05, 0) is 137 Å². The first kappa shape index (κ1) is 22.5. The van der Waals surface area contributed by atoms with Gasteiger partial charge in [0.1, 0.15) is 0 Å². The fourth-order valence-corrected chi connectivity index (χ4v) is 10.7. The van der Waals surface area contributed by atoms with Gasteiger partial charge in [0.2, 0.25) is 0 Å². The van der Waals surface area contributed by atoms with Gasteiger partial charge in [-0.1, -0.05) is 5.21 Å². The molecule has 8 bridgehead atoms. The molecule has 8 aliphatic carbocycles. The Morgan fingerprint density at radius 3 is 1.84 bits per heavy atom. The number of carbonyl (C=O) groups excluding carboxylic acids is 2. The summed E-state index contributed by atoms with van der Waals surface area (Å²) in [5.41, 5.74) is 2.66. The van der Waals surface area contributed by atoms with Crippen LogP contribution in [0.3, 0.4) is 0 Å². The highest BCUT2D eigenvalue weighted by atomic mass is 16.5. The number of rotatable bonds is 6. The molecule has 0 aliphatic heterocycles. The maximum atomic E-state index is 13.1. The lowest BCUT2D eigenvalue weighted by Gasteiger charge is -2.56. The molecule has 0 atom stereocenters. The molecule has 37 heavy (non-hydrogen) atoms. The smallest absolute Gasteiger partial charge is 0.312 e. The van der Waals surface area contributed by atoms with Crippen LogP contribution in [0.5, 0.6) is 0 Å². The lowest BCUT2D eigenvalue weighted by Crippen LogP contribution is -2.50. The van der Waals surface area contributed by atoms with Crippen molar-refractivity contribution in [3.05, 3.63) is 41.7 Å². The van der Waals surface area contributed by atoms with Crippen LogP contribution in [-0.2, 0) is 14.9 Å². The number of esters is 1. The molecule has 8 fully saturated rings. The maximum Gasteiger partial charge on any atom is 0.312 e. The van der Waals surface area contributed by atoms with E-state index in [0.29, 0.717) is 23.3 Å². The van der Waals surface area contributed by atoms with E-state index < -0.39 is 0 Å². The van der Waals surface area contributed by atoms with Crippen LogP contribution in [0.1, 0.15) is 93.1 Å². The fraction of sp³-hybridized carbons (Fsp3) is 0.677. The van der Waals surface area contributed by atoms with Gasteiger partial charge >= 0.3 is 5.97 Å². The van der Waals surface area contributed by atoms with E-state index in [-0.39, 0.29) is 29.2 Å². The van der Waals surface area contributed by atoms with E-state index in [1.54, 1.807) is 0 Å². The zero-order valence-electron chi connectivity index (χ0n) is 21.6. The average Bonchev–Trinajstić information content (AvgIpc) is 3.37. The van der Waals surface area contributed by atoms with Gasteiger partial charge in [-0.25, -0.2) is 4.68 Å². The van der Waals surface area contributed by atoms with Gasteiger partial charge in [-0.3, -0.25) is 9.59 Å². The molecule has 8 aliphatic rings. The number of hydrogen-bond donors (Lipinski definition) is 0. The summed E-state index contributed by atoms with van der Waals surface area (Å²) in [6, 6.07) is 7.63. The molecule has 0 radical (unpaired) electrons. The highest BCUT2D eigenvalue weighted by molar-refractivity contribution is 5.98. The van der Waals surface area contributed by atoms with Crippen LogP contribution in [0.25, 0.3) is 5.69 Å². The first-order valence-corrected chi connectivity index (χ1v) is 14.7. The molecule has 194 valence electrons. The number of Topliss-reactive ketones (excluding diaryl/α,β-unsaturated/α-hetero) is 1. The summed E-state index contributed by atoms with van der Waals surface area (Å²) >= 11 is 0. The van der Waals surface area contributed by atoms with Gasteiger partial charge in [-0.2, -0.15) is 0 Å². The third kappa shape index (κ3) is 3.57. The second-order valence-corrected chi connectivity index (χ2v) is 14.0. The van der Waals surface area contributed by atoms with E-state index in [4.69, 9.17) is 4.74 Å². The van der Waals surface area contributed by atoms with Crippen LogP contribution in [0.4, 0.5) is 0 Å². The molecule has 0 unspecified atom stereocenters. The van der Waals surface area contributed by atoms with Crippen LogP contribution >= 0.6 is 0 Å². The lowest BCUT2D eigenvalue weighted by molar-refractivity contribution is -0.170. The van der Waals surface area contributed by atoms with Crippen molar-refractivity contribution in [1.29, 1.82) is 0 Å². The first-order valence-electron chi connectivity index (χ1n) is 14.7. The van der Waals surface area contributed by atoms with Gasteiger partial charge in [0.15, 0.2) is 12.4 Å². The Kier molecular flexibility index (Phi) is 4.86. The second-order valence-electron chi connectivity index (χ2n) is 14.0. The summed E-state index contributed by atoms with van der Waals surface area (Å²) in [5.74, 6) is 4.36. The second kappa shape index (κ2) is 8.00. The summed E-state index contributed by atoms with van der Waals surface area (Å²) < 4.78 is 7.69. The van der Waals surface area contributed by atoms with E-state index in [9.17, 15) is 9.59 Å². The summed E-state index contributed by atoms with van der Waals surface area (Å²) in [5, 5.41) is 8.81. The number of nitrogens with zero attached hydrogens (tertiary/aromatic N) is 3. The molecular weight excluding hydrogens is 462 g/mol. The molecule has 1 aromatic heterocycles. The van der Waals surface area contributed by atoms with Gasteiger partial charge < -0.3 is 4.74 Å². The Balaban J connectivity index is 0.961. The Labute approximate surface area is 218 Å². The molecule has 0 N–H and O–H groups in total. The number of ketones is 1. The van der Waals surface area contributed by atoms with Gasteiger partial charge in [0, 0.05) is 11.0 Å². The molecule has 2 aromatic rings. The standard InChI is InChI=1S/C31H37N3O3/c35-27(18-37-29(36)31-14-22-8-23(15-31)10-24(9-22)16-31)25-1-3-26(4-2-25)34-28(17-32-33-34)30-11-19-5-20(12-30)7-21(6-19)13-30/h1-4,17,19-24H,5-16,18H2. The Bertz CT molecular complexity index is 1170. The van der Waals surface area contributed by atoms with Crippen LogP contribution in [0.15, 0.2) is 30.5 Å². The minimum Gasteiger partial charge on any atom is -0.457 e. The number of aromatic nitrogens is 3. The van der Waals surface area contributed by atoms with Gasteiger partial charge in [0.25, 0.3) is 0 Å². The van der Waals surface area contributed by atoms with Crippen LogP contribution in [-0.4, -0.2) is 33.4 Å². The monoisotopic (exact) mass is 499 g/mol. The first-order chi connectivity index (χ1) is 18.0. The van der Waals surface area contributed by atoms with Crippen molar-refractivity contribution < 1.29 is 14.3 Å². The van der Waals surface area contributed by atoms with Crippen molar-refractivity contribution in [2.75, 3.05) is 6.61 Å². The number of hydrogen-bond acceptors (Lipinski definition) is 5. The van der Waals surface area contributed by atoms with Crippen molar-refractivity contribution >= 4 is 11.8 Å². The minimum atomic E-state index is -0.320. The SMILES string of the molecule is O=C(COC(=O)C12CC3CC(CC(C3)C1)C2)c1ccc(-n2nncc2C23CC4CC(CC(C4)C2)C3)cc1. The molecular formula is C31H37N3O3. The quantitative estimate of drug-likeness (QED) is 0.378. The van der Waals surface area contributed by atoms with Crippen molar-refractivity contribution in [2.45, 2.75) is 82.5 Å². The number of benzene rings is 1. The third-order valence-corrected chi connectivity index (χ3v) is 11.4. The van der Waals surface area contributed by atoms with E-state index in [2.05, 4.69) is 10.3 Å². The summed E-state index contributed by atoms with van der Waals surface area (Å²) in [7, 11) is 0. The van der Waals surface area contributed by atoms with E-state index >= 15 is 0 Å². The van der Waals surface area contributed by atoms with Crippen molar-refractivity contribution in [3.8, 4) is 5.69 Å². The third-order valence-electron chi connectivity index (χ3n) is 11.4. The summed E-state index contributed by atoms with van der Waals surface area (Å²) in [6.07, 6.45) is 16.7. The molecule has 0 amide bonds. The van der Waals surface area contributed by atoms with Crippen molar-refractivity contribution in [2.24, 2.45) is 40.9 Å². The largest absolute Gasteiger partial charge is 0.457 e. The maximum absolute atomic E-state index is 13.1. The summed E-state index contributed by atoms with van der Waals surface area (Å²) in [4.78, 5) is 26.1. The van der Waals surface area contributed by atoms with Crippen molar-refractivity contribution in [3.63, 3.8) is 0 Å². The van der Waals surface area contributed by atoms with Crippen LogP contribution in [0, 0.1) is 40.9 Å². The Morgan fingerprint density at radius 1 is 0.784 bits per heavy atom. The lowest BCUT2D eigenvalue weighted by atomic mass is 9.49. The molecule has 6 heteroatoms. The predicted octanol–water partition coefficient (Wildman–Crippen LogP) is 5.68. The molecule has 0 spiro atoms. The van der Waals surface area contributed by atoms with Crippen molar-refractivity contribution in [1.82, 2.24) is 15.0 Å².